The molecule has 0 bridgehead atoms. The maximum atomic E-state index is 11.1. The summed E-state index contributed by atoms with van der Waals surface area (Å²) in [7, 11) is 0. The molecule has 0 unspecified atom stereocenters. The second kappa shape index (κ2) is 3.01. The average molecular weight is 166 g/mol. The summed E-state index contributed by atoms with van der Waals surface area (Å²) in [4.78, 5) is 13.9. The van der Waals surface area contributed by atoms with Crippen LogP contribution in [0.25, 0.3) is 0 Å². The molecule has 0 saturated carbocycles. The van der Waals surface area contributed by atoms with Gasteiger partial charge in [-0.2, -0.15) is 0 Å². The highest BCUT2D eigenvalue weighted by molar-refractivity contribution is 5.40. The number of H-pyrrole nitrogens is 1. The largest absolute Gasteiger partial charge is 0.394 e. The summed E-state index contributed by atoms with van der Waals surface area (Å²) in [5.41, 5.74) is 7.55. The number of aromatic nitrogens is 1. The van der Waals surface area contributed by atoms with Crippen LogP contribution in [0.3, 0.4) is 0 Å². The van der Waals surface area contributed by atoms with Crippen LogP contribution in [0, 0.1) is 6.92 Å². The van der Waals surface area contributed by atoms with E-state index < -0.39 is 0 Å². The molecule has 3 heteroatoms. The van der Waals surface area contributed by atoms with E-state index in [0.717, 1.165) is 11.3 Å². The molecule has 3 N–H and O–H groups in total. The Hall–Kier alpha value is -1.25. The third-order valence-corrected chi connectivity index (χ3v) is 1.88. The molecule has 0 amide bonds. The zero-order valence-corrected chi connectivity index (χ0v) is 7.64. The fourth-order valence-electron chi connectivity index (χ4n) is 1.27. The van der Waals surface area contributed by atoms with Crippen LogP contribution in [-0.4, -0.2) is 4.98 Å². The van der Waals surface area contributed by atoms with Gasteiger partial charge in [0.25, 0.3) is 5.56 Å². The van der Waals surface area contributed by atoms with Crippen LogP contribution in [0.1, 0.15) is 31.0 Å². The number of nitrogen functional groups attached to an aromatic ring is 1. The summed E-state index contributed by atoms with van der Waals surface area (Å²) in [6.45, 7) is 6.02. The highest BCUT2D eigenvalue weighted by atomic mass is 16.1. The first-order chi connectivity index (χ1) is 5.52. The summed E-state index contributed by atoms with van der Waals surface area (Å²) in [5, 5.41) is 0. The number of aryl methyl sites for hydroxylation is 1. The maximum absolute atomic E-state index is 11.1. The molecule has 3 nitrogen and oxygen atoms in total. The highest BCUT2D eigenvalue weighted by Crippen LogP contribution is 2.15. The predicted molar refractivity (Wildman–Crippen MR) is 50.3 cm³/mol. The van der Waals surface area contributed by atoms with Crippen LogP contribution >= 0.6 is 0 Å². The van der Waals surface area contributed by atoms with Crippen molar-refractivity contribution in [3.63, 3.8) is 0 Å². The molecule has 0 radical (unpaired) electrons. The number of hydrogen-bond acceptors (Lipinski definition) is 2. The van der Waals surface area contributed by atoms with Crippen LogP contribution in [0.4, 0.5) is 5.69 Å². The van der Waals surface area contributed by atoms with Gasteiger partial charge in [0.05, 0.1) is 5.69 Å². The van der Waals surface area contributed by atoms with E-state index in [4.69, 9.17) is 5.73 Å². The molecule has 0 atom stereocenters. The summed E-state index contributed by atoms with van der Waals surface area (Å²) >= 11 is 0. The molecule has 0 fully saturated rings. The molecule has 0 aliphatic heterocycles. The summed E-state index contributed by atoms with van der Waals surface area (Å²) in [6.07, 6.45) is 0. The van der Waals surface area contributed by atoms with Crippen molar-refractivity contribution in [1.29, 1.82) is 0 Å². The standard InChI is InChI=1S/C9H14N2O/c1-5(2)8-6(3)4-7(10)9(12)11-8/h4-5H,10H2,1-3H3,(H,11,12). The number of hydrogen-bond donors (Lipinski definition) is 2. The minimum absolute atomic E-state index is 0.190. The minimum Gasteiger partial charge on any atom is -0.394 e. The topological polar surface area (TPSA) is 58.9 Å². The fourth-order valence-corrected chi connectivity index (χ4v) is 1.27. The Morgan fingerprint density at radius 1 is 1.50 bits per heavy atom. The van der Waals surface area contributed by atoms with Gasteiger partial charge in [-0.25, -0.2) is 0 Å². The Balaban J connectivity index is 3.33. The van der Waals surface area contributed by atoms with Crippen molar-refractivity contribution >= 4 is 5.69 Å². The number of nitrogens with two attached hydrogens (primary N) is 1. The lowest BCUT2D eigenvalue weighted by atomic mass is 10.0. The van der Waals surface area contributed by atoms with E-state index in [-0.39, 0.29) is 11.2 Å². The van der Waals surface area contributed by atoms with Gasteiger partial charge in [-0.1, -0.05) is 13.8 Å². The van der Waals surface area contributed by atoms with E-state index >= 15 is 0 Å². The van der Waals surface area contributed by atoms with Gasteiger partial charge in [-0.05, 0) is 24.5 Å². The van der Waals surface area contributed by atoms with Crippen molar-refractivity contribution in [1.82, 2.24) is 4.98 Å². The zero-order valence-electron chi connectivity index (χ0n) is 7.64. The van der Waals surface area contributed by atoms with Crippen molar-refractivity contribution < 1.29 is 0 Å². The molecule has 1 aromatic heterocycles. The second-order valence-corrected chi connectivity index (χ2v) is 3.31. The lowest BCUT2D eigenvalue weighted by molar-refractivity contribution is 0.805. The SMILES string of the molecule is Cc1cc(N)c(=O)[nH]c1C(C)C. The Morgan fingerprint density at radius 3 is 2.58 bits per heavy atom. The number of aromatic amines is 1. The summed E-state index contributed by atoms with van der Waals surface area (Å²) in [6, 6.07) is 1.72. The molecule has 1 heterocycles. The van der Waals surface area contributed by atoms with Gasteiger partial charge in [-0.3, -0.25) is 4.79 Å². The first kappa shape index (κ1) is 8.84. The number of anilines is 1. The first-order valence-corrected chi connectivity index (χ1v) is 4.01. The number of pyridine rings is 1. The highest BCUT2D eigenvalue weighted by Gasteiger charge is 2.05. The van der Waals surface area contributed by atoms with E-state index in [9.17, 15) is 4.79 Å². The van der Waals surface area contributed by atoms with Gasteiger partial charge in [0.2, 0.25) is 0 Å². The molecular formula is C9H14N2O. The number of rotatable bonds is 1. The van der Waals surface area contributed by atoms with E-state index in [0.29, 0.717) is 5.92 Å². The third-order valence-electron chi connectivity index (χ3n) is 1.88. The van der Waals surface area contributed by atoms with Crippen LogP contribution in [-0.2, 0) is 0 Å². The lowest BCUT2D eigenvalue weighted by Crippen LogP contribution is -2.15. The Bertz CT molecular complexity index is 339. The van der Waals surface area contributed by atoms with Gasteiger partial charge >= 0.3 is 0 Å². The summed E-state index contributed by atoms with van der Waals surface area (Å²) < 4.78 is 0. The van der Waals surface area contributed by atoms with E-state index in [1.807, 2.05) is 20.8 Å². The van der Waals surface area contributed by atoms with Crippen molar-refractivity contribution in [2.75, 3.05) is 5.73 Å². The predicted octanol–water partition coefficient (Wildman–Crippen LogP) is 1.39. The van der Waals surface area contributed by atoms with Gasteiger partial charge in [0.1, 0.15) is 0 Å². The third kappa shape index (κ3) is 1.49. The molecule has 66 valence electrons. The molecule has 0 aliphatic carbocycles. The average Bonchev–Trinajstić information content (AvgIpc) is 1.96. The van der Waals surface area contributed by atoms with Gasteiger partial charge in [0.15, 0.2) is 0 Å². The molecule has 0 aromatic carbocycles. The maximum Gasteiger partial charge on any atom is 0.271 e. The van der Waals surface area contributed by atoms with Gasteiger partial charge in [-0.15, -0.1) is 0 Å². The van der Waals surface area contributed by atoms with E-state index in [1.165, 1.54) is 0 Å². The molecule has 12 heavy (non-hydrogen) atoms. The smallest absolute Gasteiger partial charge is 0.271 e. The second-order valence-electron chi connectivity index (χ2n) is 3.31. The van der Waals surface area contributed by atoms with Crippen molar-refractivity contribution in [3.8, 4) is 0 Å². The molecule has 0 saturated heterocycles. The Morgan fingerprint density at radius 2 is 2.08 bits per heavy atom. The van der Waals surface area contributed by atoms with Crippen LogP contribution < -0.4 is 11.3 Å². The summed E-state index contributed by atoms with van der Waals surface area (Å²) in [5.74, 6) is 0.332. The molecule has 0 spiro atoms. The van der Waals surface area contributed by atoms with Crippen LogP contribution in [0.15, 0.2) is 10.9 Å². The van der Waals surface area contributed by atoms with Crippen molar-refractivity contribution in [2.45, 2.75) is 26.7 Å². The lowest BCUT2D eigenvalue weighted by Gasteiger charge is -2.08. The Kier molecular flexibility index (Phi) is 2.22. The molecular weight excluding hydrogens is 152 g/mol. The van der Waals surface area contributed by atoms with Crippen molar-refractivity contribution in [3.05, 3.63) is 27.7 Å². The normalized spacial score (nSPS) is 10.7. The van der Waals surface area contributed by atoms with Crippen LogP contribution in [0.5, 0.6) is 0 Å². The first-order valence-electron chi connectivity index (χ1n) is 4.01. The monoisotopic (exact) mass is 166 g/mol. The van der Waals surface area contributed by atoms with E-state index in [1.54, 1.807) is 6.07 Å². The van der Waals surface area contributed by atoms with E-state index in [2.05, 4.69) is 4.98 Å². The van der Waals surface area contributed by atoms with Crippen molar-refractivity contribution in [2.24, 2.45) is 0 Å². The van der Waals surface area contributed by atoms with Gasteiger partial charge < -0.3 is 10.7 Å². The van der Waals surface area contributed by atoms with Crippen LogP contribution in [0.2, 0.25) is 0 Å². The molecule has 1 rings (SSSR count). The Labute approximate surface area is 71.6 Å². The van der Waals surface area contributed by atoms with Gasteiger partial charge in [0, 0.05) is 5.69 Å². The number of nitrogens with one attached hydrogen (secondary N) is 1. The molecule has 0 aliphatic rings. The minimum atomic E-state index is -0.190. The fraction of sp³-hybridized carbons (Fsp3) is 0.444. The molecule has 1 aromatic rings. The quantitative estimate of drug-likeness (QED) is 0.662. The zero-order chi connectivity index (χ0) is 9.30.